The number of hydrogen-bond acceptors (Lipinski definition) is 4. The van der Waals surface area contributed by atoms with E-state index in [0.29, 0.717) is 6.42 Å². The Morgan fingerprint density at radius 1 is 1.18 bits per heavy atom. The summed E-state index contributed by atoms with van der Waals surface area (Å²) < 4.78 is 4.61. The number of rotatable bonds is 6. The van der Waals surface area contributed by atoms with E-state index in [1.54, 1.807) is 0 Å². The van der Waals surface area contributed by atoms with Crippen LogP contribution in [0.5, 0.6) is 0 Å². The van der Waals surface area contributed by atoms with Crippen LogP contribution in [0.2, 0.25) is 0 Å². The quantitative estimate of drug-likeness (QED) is 0.556. The van der Waals surface area contributed by atoms with E-state index in [1.807, 2.05) is 13.8 Å². The zero-order valence-corrected chi connectivity index (χ0v) is 11.1. The minimum atomic E-state index is -0.925. The van der Waals surface area contributed by atoms with E-state index in [0.717, 1.165) is 0 Å². The number of ketones is 1. The number of carbonyl (C=O) groups excluding carboxylic acids is 3. The zero-order valence-electron chi connectivity index (χ0n) is 11.1. The highest BCUT2D eigenvalue weighted by Crippen LogP contribution is 2.16. The molecule has 1 N–H and O–H groups in total. The van der Waals surface area contributed by atoms with Crippen LogP contribution in [0.1, 0.15) is 34.1 Å². The van der Waals surface area contributed by atoms with Crippen molar-refractivity contribution in [1.82, 2.24) is 5.32 Å². The van der Waals surface area contributed by atoms with Crippen molar-refractivity contribution in [3.05, 3.63) is 0 Å². The Morgan fingerprint density at radius 3 is 2.00 bits per heavy atom. The average molecular weight is 243 g/mol. The molecule has 0 heterocycles. The van der Waals surface area contributed by atoms with Gasteiger partial charge in [0.15, 0.2) is 0 Å². The van der Waals surface area contributed by atoms with E-state index < -0.39 is 17.9 Å². The molecule has 0 aliphatic rings. The molecule has 2 atom stereocenters. The largest absolute Gasteiger partial charge is 0.468 e. The average Bonchev–Trinajstić information content (AvgIpc) is 2.14. The summed E-state index contributed by atoms with van der Waals surface area (Å²) in [5.41, 5.74) is 0. The number of esters is 1. The third-order valence-electron chi connectivity index (χ3n) is 2.41. The molecular weight excluding hydrogens is 222 g/mol. The molecule has 0 aromatic carbocycles. The fraction of sp³-hybridized carbons (Fsp3) is 0.750. The number of hydrogen-bond donors (Lipinski definition) is 1. The summed E-state index contributed by atoms with van der Waals surface area (Å²) >= 11 is 0. The lowest BCUT2D eigenvalue weighted by atomic mass is 9.89. The van der Waals surface area contributed by atoms with Crippen LogP contribution in [0.25, 0.3) is 0 Å². The number of Topliss-reactive ketones (excluding diaryl/α,β-unsaturated/α-hetero) is 1. The van der Waals surface area contributed by atoms with E-state index >= 15 is 0 Å². The van der Waals surface area contributed by atoms with Gasteiger partial charge in [-0.05, 0) is 19.3 Å². The molecule has 17 heavy (non-hydrogen) atoms. The minimum Gasteiger partial charge on any atom is -0.468 e. The van der Waals surface area contributed by atoms with Crippen molar-refractivity contribution in [2.45, 2.75) is 40.2 Å². The monoisotopic (exact) mass is 243 g/mol. The highest BCUT2D eigenvalue weighted by atomic mass is 16.5. The molecular formula is C12H21NO4. The molecule has 0 saturated heterocycles. The molecule has 98 valence electrons. The molecule has 0 rings (SSSR count). The Labute approximate surface area is 102 Å². The lowest BCUT2D eigenvalue weighted by Crippen LogP contribution is -2.46. The number of amides is 1. The topological polar surface area (TPSA) is 72.5 Å². The van der Waals surface area contributed by atoms with Crippen LogP contribution >= 0.6 is 0 Å². The van der Waals surface area contributed by atoms with E-state index in [-0.39, 0.29) is 17.6 Å². The molecule has 0 bridgehead atoms. The minimum absolute atomic E-state index is 0.259. The highest BCUT2D eigenvalue weighted by Gasteiger charge is 2.34. The maximum absolute atomic E-state index is 11.6. The number of methoxy groups -OCH3 is 1. The third-order valence-corrected chi connectivity index (χ3v) is 2.41. The molecule has 0 aromatic heterocycles. The summed E-state index contributed by atoms with van der Waals surface area (Å²) in [4.78, 5) is 34.2. The first-order valence-electron chi connectivity index (χ1n) is 5.65. The first-order chi connectivity index (χ1) is 7.79. The Kier molecular flexibility index (Phi) is 6.46. The van der Waals surface area contributed by atoms with Crippen LogP contribution in [-0.2, 0) is 19.1 Å². The van der Waals surface area contributed by atoms with Crippen LogP contribution in [0, 0.1) is 11.8 Å². The van der Waals surface area contributed by atoms with Crippen molar-refractivity contribution < 1.29 is 19.1 Å². The summed E-state index contributed by atoms with van der Waals surface area (Å²) in [5.74, 6) is -1.82. The van der Waals surface area contributed by atoms with Crippen LogP contribution in [0.3, 0.4) is 0 Å². The van der Waals surface area contributed by atoms with Crippen molar-refractivity contribution in [3.63, 3.8) is 0 Å². The summed E-state index contributed by atoms with van der Waals surface area (Å²) in [5, 5.41) is 2.65. The van der Waals surface area contributed by atoms with Gasteiger partial charge >= 0.3 is 5.97 Å². The number of nitrogens with one attached hydrogen (secondary N) is 1. The van der Waals surface area contributed by atoms with E-state index in [1.165, 1.54) is 21.0 Å². The standard InChI is InChI=1S/C12H21NO4/c1-7(2)6-10(13-9(4)15)11(8(3)14)12(16)17-5/h7,10-11H,6H2,1-5H3,(H,13,15). The van der Waals surface area contributed by atoms with Gasteiger partial charge in [-0.25, -0.2) is 0 Å². The molecule has 0 radical (unpaired) electrons. The first kappa shape index (κ1) is 15.6. The predicted molar refractivity (Wildman–Crippen MR) is 63.2 cm³/mol. The Morgan fingerprint density at radius 2 is 1.71 bits per heavy atom. The van der Waals surface area contributed by atoms with E-state index in [4.69, 9.17) is 0 Å². The van der Waals surface area contributed by atoms with Crippen molar-refractivity contribution in [3.8, 4) is 0 Å². The van der Waals surface area contributed by atoms with Crippen LogP contribution in [0.4, 0.5) is 0 Å². The maximum Gasteiger partial charge on any atom is 0.318 e. The number of ether oxygens (including phenoxy) is 1. The SMILES string of the molecule is COC(=O)C(C(C)=O)C(CC(C)C)NC(C)=O. The van der Waals surface area contributed by atoms with Crippen LogP contribution < -0.4 is 5.32 Å². The second kappa shape index (κ2) is 7.04. The fourth-order valence-electron chi connectivity index (χ4n) is 1.79. The maximum atomic E-state index is 11.6. The molecule has 0 aliphatic carbocycles. The Balaban J connectivity index is 4.98. The van der Waals surface area contributed by atoms with Crippen molar-refractivity contribution >= 4 is 17.7 Å². The molecule has 0 saturated carbocycles. The molecule has 5 nitrogen and oxygen atoms in total. The molecule has 1 amide bonds. The second-order valence-electron chi connectivity index (χ2n) is 4.55. The summed E-state index contributed by atoms with van der Waals surface area (Å²) in [6.07, 6.45) is 0.554. The highest BCUT2D eigenvalue weighted by molar-refractivity contribution is 5.99. The Hall–Kier alpha value is -1.39. The van der Waals surface area contributed by atoms with Crippen molar-refractivity contribution in [2.75, 3.05) is 7.11 Å². The first-order valence-corrected chi connectivity index (χ1v) is 5.65. The molecule has 5 heteroatoms. The van der Waals surface area contributed by atoms with Gasteiger partial charge in [0, 0.05) is 13.0 Å². The lowest BCUT2D eigenvalue weighted by molar-refractivity contribution is -0.150. The fourth-order valence-corrected chi connectivity index (χ4v) is 1.79. The predicted octanol–water partition coefficient (Wildman–Crippen LogP) is 0.915. The van der Waals surface area contributed by atoms with E-state index in [2.05, 4.69) is 10.1 Å². The summed E-state index contributed by atoms with van der Waals surface area (Å²) in [6.45, 7) is 6.62. The lowest BCUT2D eigenvalue weighted by Gasteiger charge is -2.25. The van der Waals surface area contributed by atoms with E-state index in [9.17, 15) is 14.4 Å². The van der Waals surface area contributed by atoms with Gasteiger partial charge in [-0.3, -0.25) is 14.4 Å². The normalized spacial score (nSPS) is 14.0. The molecule has 0 aliphatic heterocycles. The van der Waals surface area contributed by atoms with Crippen molar-refractivity contribution in [1.29, 1.82) is 0 Å². The third kappa shape index (κ3) is 5.47. The van der Waals surface area contributed by atoms with Crippen LogP contribution in [0.15, 0.2) is 0 Å². The van der Waals surface area contributed by atoms with Crippen LogP contribution in [-0.4, -0.2) is 30.8 Å². The summed E-state index contributed by atoms with van der Waals surface area (Å²) in [7, 11) is 1.23. The molecule has 0 spiro atoms. The Bertz CT molecular complexity index is 299. The molecule has 0 fully saturated rings. The molecule has 0 aromatic rings. The van der Waals surface area contributed by atoms with Gasteiger partial charge in [-0.1, -0.05) is 13.8 Å². The summed E-state index contributed by atoms with van der Waals surface area (Å²) in [6, 6.07) is -0.502. The second-order valence-corrected chi connectivity index (χ2v) is 4.55. The van der Waals surface area contributed by atoms with Gasteiger partial charge in [0.2, 0.25) is 5.91 Å². The van der Waals surface area contributed by atoms with Gasteiger partial charge in [-0.2, -0.15) is 0 Å². The van der Waals surface area contributed by atoms with Gasteiger partial charge in [0.05, 0.1) is 7.11 Å². The van der Waals surface area contributed by atoms with Gasteiger partial charge in [-0.15, -0.1) is 0 Å². The zero-order chi connectivity index (χ0) is 13.6. The van der Waals surface area contributed by atoms with Gasteiger partial charge in [0.25, 0.3) is 0 Å². The number of carbonyl (C=O) groups is 3. The van der Waals surface area contributed by atoms with Gasteiger partial charge < -0.3 is 10.1 Å². The molecule has 2 unspecified atom stereocenters. The van der Waals surface area contributed by atoms with Crippen molar-refractivity contribution in [2.24, 2.45) is 11.8 Å². The smallest absolute Gasteiger partial charge is 0.318 e. The van der Waals surface area contributed by atoms with Gasteiger partial charge in [0.1, 0.15) is 11.7 Å².